The molecule has 1 aromatic carbocycles. The Hall–Kier alpha value is -0.330. The number of hydrogen-bond donors (Lipinski definition) is 1. The normalized spacial score (nSPS) is 21.2. The molecule has 1 aromatic rings. The standard InChI is InChI=1S/C15H20Cl2N2O2S/c16-14-4-3-13(9-15(14)17)22(20,21)19-7-5-12(6-8-19)18-10-11-1-2-11/h3-4,9,11-12,18H,1-2,5-8,10H2. The van der Waals surface area contributed by atoms with Crippen LogP contribution in [0.25, 0.3) is 0 Å². The van der Waals surface area contributed by atoms with E-state index in [1.807, 2.05) is 0 Å². The van der Waals surface area contributed by atoms with Gasteiger partial charge >= 0.3 is 0 Å². The topological polar surface area (TPSA) is 49.4 Å². The van der Waals surface area contributed by atoms with Crippen molar-refractivity contribution < 1.29 is 8.42 Å². The molecule has 1 saturated heterocycles. The van der Waals surface area contributed by atoms with Crippen molar-refractivity contribution in [3.05, 3.63) is 28.2 Å². The van der Waals surface area contributed by atoms with Gasteiger partial charge in [0.05, 0.1) is 14.9 Å². The predicted molar refractivity (Wildman–Crippen MR) is 89.0 cm³/mol. The summed E-state index contributed by atoms with van der Waals surface area (Å²) >= 11 is 11.8. The second-order valence-electron chi connectivity index (χ2n) is 6.11. The lowest BCUT2D eigenvalue weighted by molar-refractivity contribution is 0.288. The lowest BCUT2D eigenvalue weighted by Gasteiger charge is -2.31. The van der Waals surface area contributed by atoms with Crippen molar-refractivity contribution in [3.63, 3.8) is 0 Å². The summed E-state index contributed by atoms with van der Waals surface area (Å²) in [5, 5.41) is 4.18. The van der Waals surface area contributed by atoms with Gasteiger partial charge in [-0.1, -0.05) is 23.2 Å². The highest BCUT2D eigenvalue weighted by molar-refractivity contribution is 7.89. The monoisotopic (exact) mass is 362 g/mol. The van der Waals surface area contributed by atoms with E-state index in [0.29, 0.717) is 24.2 Å². The van der Waals surface area contributed by atoms with Crippen LogP contribution in [0.15, 0.2) is 23.1 Å². The summed E-state index contributed by atoms with van der Waals surface area (Å²) in [6.45, 7) is 2.17. The van der Waals surface area contributed by atoms with Gasteiger partial charge in [0.15, 0.2) is 0 Å². The van der Waals surface area contributed by atoms with E-state index < -0.39 is 10.0 Å². The second kappa shape index (κ2) is 6.65. The molecule has 2 fully saturated rings. The number of halogens is 2. The Morgan fingerprint density at radius 3 is 2.36 bits per heavy atom. The fourth-order valence-corrected chi connectivity index (χ4v) is 4.60. The van der Waals surface area contributed by atoms with Crippen LogP contribution in [0.3, 0.4) is 0 Å². The molecule has 2 aliphatic rings. The Morgan fingerprint density at radius 1 is 1.09 bits per heavy atom. The fourth-order valence-electron chi connectivity index (χ4n) is 2.74. The third kappa shape index (κ3) is 3.77. The molecular formula is C15H20Cl2N2O2S. The molecule has 0 amide bonds. The van der Waals surface area contributed by atoms with Gasteiger partial charge in [-0.15, -0.1) is 0 Å². The van der Waals surface area contributed by atoms with Crippen LogP contribution in [-0.2, 0) is 10.0 Å². The van der Waals surface area contributed by atoms with Crippen molar-refractivity contribution in [1.82, 2.24) is 9.62 Å². The van der Waals surface area contributed by atoms with E-state index in [0.717, 1.165) is 25.3 Å². The summed E-state index contributed by atoms with van der Waals surface area (Å²) in [4.78, 5) is 0.214. The molecule has 0 aromatic heterocycles. The van der Waals surface area contributed by atoms with Crippen LogP contribution < -0.4 is 5.32 Å². The summed E-state index contributed by atoms with van der Waals surface area (Å²) in [5.74, 6) is 0.845. The number of rotatable bonds is 5. The molecule has 1 N–H and O–H groups in total. The Bertz CT molecular complexity index is 639. The largest absolute Gasteiger partial charge is 0.314 e. The molecule has 0 unspecified atom stereocenters. The van der Waals surface area contributed by atoms with Crippen LogP contribution in [0.1, 0.15) is 25.7 Å². The zero-order valence-electron chi connectivity index (χ0n) is 12.3. The van der Waals surface area contributed by atoms with E-state index in [9.17, 15) is 8.42 Å². The van der Waals surface area contributed by atoms with Crippen molar-refractivity contribution in [1.29, 1.82) is 0 Å². The number of nitrogens with one attached hydrogen (secondary N) is 1. The first-order valence-corrected chi connectivity index (χ1v) is 9.85. The molecule has 7 heteroatoms. The lowest BCUT2D eigenvalue weighted by atomic mass is 10.1. The first-order chi connectivity index (χ1) is 10.5. The van der Waals surface area contributed by atoms with Crippen LogP contribution in [0.2, 0.25) is 10.0 Å². The Morgan fingerprint density at radius 2 is 1.77 bits per heavy atom. The summed E-state index contributed by atoms with van der Waals surface area (Å²) in [6.07, 6.45) is 4.37. The molecule has 0 radical (unpaired) electrons. The third-order valence-corrected chi connectivity index (χ3v) is 7.01. The predicted octanol–water partition coefficient (Wildman–Crippen LogP) is 3.15. The van der Waals surface area contributed by atoms with Gasteiger partial charge in [-0.05, 0) is 56.3 Å². The lowest BCUT2D eigenvalue weighted by Crippen LogP contribution is -2.45. The molecule has 3 rings (SSSR count). The molecule has 1 heterocycles. The van der Waals surface area contributed by atoms with Gasteiger partial charge in [0.1, 0.15) is 0 Å². The van der Waals surface area contributed by atoms with Crippen LogP contribution in [0.5, 0.6) is 0 Å². The SMILES string of the molecule is O=S(=O)(c1ccc(Cl)c(Cl)c1)N1CCC(NCC2CC2)CC1. The number of hydrogen-bond acceptors (Lipinski definition) is 3. The van der Waals surface area contributed by atoms with Crippen LogP contribution in [0, 0.1) is 5.92 Å². The van der Waals surface area contributed by atoms with Crippen LogP contribution in [0.4, 0.5) is 0 Å². The number of nitrogens with zero attached hydrogens (tertiary/aromatic N) is 1. The van der Waals surface area contributed by atoms with E-state index in [1.54, 1.807) is 4.31 Å². The Kier molecular flexibility index (Phi) is 5.00. The van der Waals surface area contributed by atoms with E-state index >= 15 is 0 Å². The van der Waals surface area contributed by atoms with Gasteiger partial charge in [-0.3, -0.25) is 0 Å². The molecular weight excluding hydrogens is 343 g/mol. The van der Waals surface area contributed by atoms with Crippen molar-refractivity contribution in [2.24, 2.45) is 5.92 Å². The zero-order chi connectivity index (χ0) is 15.7. The quantitative estimate of drug-likeness (QED) is 0.874. The van der Waals surface area contributed by atoms with Crippen molar-refractivity contribution in [2.45, 2.75) is 36.6 Å². The molecule has 122 valence electrons. The summed E-state index contributed by atoms with van der Waals surface area (Å²) in [7, 11) is -3.48. The number of benzene rings is 1. The molecule has 22 heavy (non-hydrogen) atoms. The van der Waals surface area contributed by atoms with Crippen molar-refractivity contribution in [3.8, 4) is 0 Å². The summed E-state index contributed by atoms with van der Waals surface area (Å²) < 4.78 is 26.8. The van der Waals surface area contributed by atoms with Gasteiger partial charge in [0.25, 0.3) is 0 Å². The maximum atomic E-state index is 12.6. The van der Waals surface area contributed by atoms with Crippen molar-refractivity contribution in [2.75, 3.05) is 19.6 Å². The number of sulfonamides is 1. The highest BCUT2D eigenvalue weighted by Crippen LogP contribution is 2.29. The van der Waals surface area contributed by atoms with Gasteiger partial charge in [-0.25, -0.2) is 8.42 Å². The molecule has 0 bridgehead atoms. The highest BCUT2D eigenvalue weighted by Gasteiger charge is 2.30. The zero-order valence-corrected chi connectivity index (χ0v) is 14.6. The van der Waals surface area contributed by atoms with E-state index in [4.69, 9.17) is 23.2 Å². The van der Waals surface area contributed by atoms with Gasteiger partial charge in [0.2, 0.25) is 10.0 Å². The minimum absolute atomic E-state index is 0.214. The van der Waals surface area contributed by atoms with E-state index in [-0.39, 0.29) is 9.92 Å². The molecule has 1 aliphatic carbocycles. The first kappa shape index (κ1) is 16.5. The Balaban J connectivity index is 1.62. The maximum Gasteiger partial charge on any atom is 0.243 e. The molecule has 0 spiro atoms. The molecule has 1 saturated carbocycles. The number of piperidine rings is 1. The highest BCUT2D eigenvalue weighted by atomic mass is 35.5. The molecule has 1 aliphatic heterocycles. The minimum atomic E-state index is -3.48. The van der Waals surface area contributed by atoms with Crippen LogP contribution >= 0.6 is 23.2 Å². The van der Waals surface area contributed by atoms with Gasteiger partial charge in [-0.2, -0.15) is 4.31 Å². The molecule has 0 atom stereocenters. The van der Waals surface area contributed by atoms with Crippen molar-refractivity contribution >= 4 is 33.2 Å². The fraction of sp³-hybridized carbons (Fsp3) is 0.600. The van der Waals surface area contributed by atoms with Gasteiger partial charge < -0.3 is 5.32 Å². The van der Waals surface area contributed by atoms with E-state index in [1.165, 1.54) is 31.0 Å². The first-order valence-electron chi connectivity index (χ1n) is 7.65. The molecule has 4 nitrogen and oxygen atoms in total. The summed E-state index contributed by atoms with van der Waals surface area (Å²) in [5.41, 5.74) is 0. The minimum Gasteiger partial charge on any atom is -0.314 e. The Labute approximate surface area is 141 Å². The second-order valence-corrected chi connectivity index (χ2v) is 8.86. The average molecular weight is 363 g/mol. The summed E-state index contributed by atoms with van der Waals surface area (Å²) in [6, 6.07) is 4.90. The third-order valence-electron chi connectivity index (χ3n) is 4.37. The maximum absolute atomic E-state index is 12.6. The van der Waals surface area contributed by atoms with Crippen LogP contribution in [-0.4, -0.2) is 38.4 Å². The average Bonchev–Trinajstić information content (AvgIpc) is 3.32. The van der Waals surface area contributed by atoms with Gasteiger partial charge in [0, 0.05) is 19.1 Å². The van der Waals surface area contributed by atoms with E-state index in [2.05, 4.69) is 5.32 Å². The smallest absolute Gasteiger partial charge is 0.243 e.